The third-order valence-corrected chi connectivity index (χ3v) is 2.15. The van der Waals surface area contributed by atoms with E-state index < -0.39 is 0 Å². The third-order valence-electron chi connectivity index (χ3n) is 2.15. The number of rotatable bonds is 3. The van der Waals surface area contributed by atoms with Crippen molar-refractivity contribution in [3.63, 3.8) is 0 Å². The van der Waals surface area contributed by atoms with Crippen LogP contribution in [-0.4, -0.2) is 11.1 Å². The Hall–Kier alpha value is -1.02. The second-order valence-electron chi connectivity index (χ2n) is 6.47. The van der Waals surface area contributed by atoms with Crippen LogP contribution in [0.1, 0.15) is 47.1 Å². The van der Waals surface area contributed by atoms with E-state index in [1.807, 2.05) is 0 Å². The molecule has 0 amide bonds. The van der Waals surface area contributed by atoms with Crippen LogP contribution in [0.25, 0.3) is 0 Å². The average molecular weight is 235 g/mol. The summed E-state index contributed by atoms with van der Waals surface area (Å²) in [6.45, 7) is 13.4. The molecule has 0 aliphatic carbocycles. The molecule has 0 spiro atoms. The fraction of sp³-hybridized carbons (Fsp3) is 0.600. The molecule has 0 atom stereocenters. The predicted octanol–water partition coefficient (Wildman–Crippen LogP) is 4.21. The lowest BCUT2D eigenvalue weighted by molar-refractivity contribution is -0.0149. The van der Waals surface area contributed by atoms with Crippen molar-refractivity contribution >= 4 is 5.69 Å². The molecule has 0 bridgehead atoms. The highest BCUT2D eigenvalue weighted by atomic mass is 16.5. The highest BCUT2D eigenvalue weighted by molar-refractivity contribution is 5.46. The van der Waals surface area contributed by atoms with E-state index in [1.54, 1.807) is 0 Å². The topological polar surface area (TPSA) is 21.3 Å². The van der Waals surface area contributed by atoms with E-state index in [0.717, 1.165) is 5.69 Å². The van der Waals surface area contributed by atoms with E-state index in [9.17, 15) is 0 Å². The van der Waals surface area contributed by atoms with Crippen LogP contribution in [-0.2, 0) is 11.3 Å². The molecular formula is C15H25NO. The SMILES string of the molecule is CC(C)(C)Nc1ccc(COC(C)(C)C)cc1. The predicted molar refractivity (Wildman–Crippen MR) is 74.4 cm³/mol. The lowest BCUT2D eigenvalue weighted by Crippen LogP contribution is -2.25. The fourth-order valence-electron chi connectivity index (χ4n) is 1.42. The van der Waals surface area contributed by atoms with Crippen molar-refractivity contribution in [2.45, 2.75) is 59.3 Å². The summed E-state index contributed by atoms with van der Waals surface area (Å²) >= 11 is 0. The van der Waals surface area contributed by atoms with Gasteiger partial charge in [-0.15, -0.1) is 0 Å². The van der Waals surface area contributed by atoms with E-state index in [1.165, 1.54) is 5.56 Å². The summed E-state index contributed by atoms with van der Waals surface area (Å²) in [5.74, 6) is 0. The Morgan fingerprint density at radius 3 is 1.88 bits per heavy atom. The molecule has 0 saturated carbocycles. The number of anilines is 1. The van der Waals surface area contributed by atoms with Gasteiger partial charge in [0.1, 0.15) is 0 Å². The van der Waals surface area contributed by atoms with E-state index in [-0.39, 0.29) is 11.1 Å². The molecule has 1 aromatic rings. The molecule has 0 fully saturated rings. The van der Waals surface area contributed by atoms with Crippen LogP contribution in [0.5, 0.6) is 0 Å². The third kappa shape index (κ3) is 6.32. The molecule has 2 heteroatoms. The van der Waals surface area contributed by atoms with Crippen molar-refractivity contribution in [1.82, 2.24) is 0 Å². The molecule has 1 rings (SSSR count). The van der Waals surface area contributed by atoms with Crippen LogP contribution in [0.4, 0.5) is 5.69 Å². The molecule has 1 N–H and O–H groups in total. The molecule has 17 heavy (non-hydrogen) atoms. The Bertz CT molecular complexity index is 341. The van der Waals surface area contributed by atoms with Crippen molar-refractivity contribution in [3.8, 4) is 0 Å². The van der Waals surface area contributed by atoms with E-state index in [4.69, 9.17) is 4.74 Å². The van der Waals surface area contributed by atoms with Gasteiger partial charge in [0.25, 0.3) is 0 Å². The summed E-state index contributed by atoms with van der Waals surface area (Å²) in [5, 5.41) is 3.44. The number of hydrogen-bond acceptors (Lipinski definition) is 2. The largest absolute Gasteiger partial charge is 0.380 e. The first-order chi connectivity index (χ1) is 7.66. The van der Waals surface area contributed by atoms with Gasteiger partial charge in [0, 0.05) is 11.2 Å². The average Bonchev–Trinajstić information content (AvgIpc) is 2.13. The smallest absolute Gasteiger partial charge is 0.0724 e. The zero-order chi connectivity index (χ0) is 13.1. The molecule has 0 saturated heterocycles. The van der Waals surface area contributed by atoms with Gasteiger partial charge in [-0.05, 0) is 59.2 Å². The highest BCUT2D eigenvalue weighted by Gasteiger charge is 2.11. The molecule has 2 nitrogen and oxygen atoms in total. The first-order valence-corrected chi connectivity index (χ1v) is 6.17. The van der Waals surface area contributed by atoms with Crippen LogP contribution in [0.3, 0.4) is 0 Å². The Balaban J connectivity index is 2.56. The standard InChI is InChI=1S/C15H25NO/c1-14(2,3)16-13-9-7-12(8-10-13)11-17-15(4,5)6/h7-10,16H,11H2,1-6H3. The van der Waals surface area contributed by atoms with Crippen LogP contribution in [0.15, 0.2) is 24.3 Å². The molecule has 0 aliphatic heterocycles. The Labute approximate surface area is 105 Å². The normalized spacial score (nSPS) is 12.6. The maximum Gasteiger partial charge on any atom is 0.0724 e. The first-order valence-electron chi connectivity index (χ1n) is 6.17. The molecule has 1 aromatic carbocycles. The summed E-state index contributed by atoms with van der Waals surface area (Å²) in [6.07, 6.45) is 0. The van der Waals surface area contributed by atoms with Gasteiger partial charge in [0.2, 0.25) is 0 Å². The monoisotopic (exact) mass is 235 g/mol. The molecular weight excluding hydrogens is 210 g/mol. The summed E-state index contributed by atoms with van der Waals surface area (Å²) < 4.78 is 5.74. The minimum atomic E-state index is -0.0810. The lowest BCUT2D eigenvalue weighted by Gasteiger charge is -2.22. The second kappa shape index (κ2) is 5.09. The number of benzene rings is 1. The first kappa shape index (κ1) is 14.0. The molecule has 0 aliphatic rings. The van der Waals surface area contributed by atoms with Gasteiger partial charge >= 0.3 is 0 Å². The van der Waals surface area contributed by atoms with Crippen LogP contribution >= 0.6 is 0 Å². The minimum Gasteiger partial charge on any atom is -0.380 e. The maximum atomic E-state index is 5.74. The van der Waals surface area contributed by atoms with Gasteiger partial charge in [-0.1, -0.05) is 12.1 Å². The van der Waals surface area contributed by atoms with E-state index >= 15 is 0 Å². The van der Waals surface area contributed by atoms with Crippen molar-refractivity contribution < 1.29 is 4.74 Å². The zero-order valence-electron chi connectivity index (χ0n) is 11.9. The molecule has 0 heterocycles. The zero-order valence-corrected chi connectivity index (χ0v) is 11.9. The van der Waals surface area contributed by atoms with Gasteiger partial charge in [-0.3, -0.25) is 0 Å². The van der Waals surface area contributed by atoms with Crippen LogP contribution < -0.4 is 5.32 Å². The van der Waals surface area contributed by atoms with Gasteiger partial charge in [0.15, 0.2) is 0 Å². The van der Waals surface area contributed by atoms with Crippen LogP contribution in [0.2, 0.25) is 0 Å². The Kier molecular flexibility index (Phi) is 4.21. The van der Waals surface area contributed by atoms with E-state index in [0.29, 0.717) is 6.61 Å². The molecule has 0 radical (unpaired) electrons. The summed E-state index contributed by atoms with van der Waals surface area (Å²) in [6, 6.07) is 8.43. The van der Waals surface area contributed by atoms with E-state index in [2.05, 4.69) is 71.1 Å². The van der Waals surface area contributed by atoms with Crippen molar-refractivity contribution in [3.05, 3.63) is 29.8 Å². The maximum absolute atomic E-state index is 5.74. The summed E-state index contributed by atoms with van der Waals surface area (Å²) in [7, 11) is 0. The quantitative estimate of drug-likeness (QED) is 0.847. The highest BCUT2D eigenvalue weighted by Crippen LogP contribution is 2.17. The van der Waals surface area contributed by atoms with Gasteiger partial charge in [0.05, 0.1) is 12.2 Å². The van der Waals surface area contributed by atoms with Gasteiger partial charge < -0.3 is 10.1 Å². The van der Waals surface area contributed by atoms with Crippen molar-refractivity contribution in [2.24, 2.45) is 0 Å². The molecule has 0 unspecified atom stereocenters. The van der Waals surface area contributed by atoms with Crippen LogP contribution in [0, 0.1) is 0 Å². The number of nitrogens with one attached hydrogen (secondary N) is 1. The minimum absolute atomic E-state index is 0.0810. The molecule has 96 valence electrons. The molecule has 0 aromatic heterocycles. The van der Waals surface area contributed by atoms with Gasteiger partial charge in [-0.25, -0.2) is 0 Å². The number of hydrogen-bond donors (Lipinski definition) is 1. The summed E-state index contributed by atoms with van der Waals surface area (Å²) in [5.41, 5.74) is 2.38. The number of ether oxygens (including phenoxy) is 1. The van der Waals surface area contributed by atoms with Crippen molar-refractivity contribution in [1.29, 1.82) is 0 Å². The fourth-order valence-corrected chi connectivity index (χ4v) is 1.42. The second-order valence-corrected chi connectivity index (χ2v) is 6.47. The van der Waals surface area contributed by atoms with Gasteiger partial charge in [-0.2, -0.15) is 0 Å². The van der Waals surface area contributed by atoms with Crippen molar-refractivity contribution in [2.75, 3.05) is 5.32 Å². The Morgan fingerprint density at radius 2 is 1.47 bits per heavy atom. The summed E-state index contributed by atoms with van der Waals surface area (Å²) in [4.78, 5) is 0. The Morgan fingerprint density at radius 1 is 0.941 bits per heavy atom. The lowest BCUT2D eigenvalue weighted by atomic mass is 10.1.